The zero-order valence-corrected chi connectivity index (χ0v) is 11.5. The van der Waals surface area contributed by atoms with E-state index in [2.05, 4.69) is 12.1 Å². The van der Waals surface area contributed by atoms with E-state index in [9.17, 15) is 4.39 Å². The molecule has 0 atom stereocenters. The monoisotopic (exact) mass is 259 g/mol. The van der Waals surface area contributed by atoms with Crippen molar-refractivity contribution >= 4 is 5.69 Å². The van der Waals surface area contributed by atoms with Crippen molar-refractivity contribution in [3.05, 3.63) is 58.4 Å². The lowest BCUT2D eigenvalue weighted by molar-refractivity contribution is 0.296. The summed E-state index contributed by atoms with van der Waals surface area (Å²) in [5, 5.41) is 0. The van der Waals surface area contributed by atoms with Crippen LogP contribution in [0.25, 0.3) is 0 Å². The molecule has 100 valence electrons. The zero-order valence-electron chi connectivity index (χ0n) is 11.5. The fraction of sp³-hybridized carbons (Fsp3) is 0.250. The van der Waals surface area contributed by atoms with Gasteiger partial charge >= 0.3 is 0 Å². The Balaban J connectivity index is 2.22. The molecular formula is C16H18FNO. The first-order valence-corrected chi connectivity index (χ1v) is 6.22. The Bertz CT molecular complexity index is 585. The number of nitrogen functional groups attached to an aromatic ring is 1. The van der Waals surface area contributed by atoms with Crippen molar-refractivity contribution in [2.45, 2.75) is 27.4 Å². The normalized spacial score (nSPS) is 10.5. The van der Waals surface area contributed by atoms with Crippen LogP contribution in [0.4, 0.5) is 10.1 Å². The first kappa shape index (κ1) is 13.4. The Morgan fingerprint density at radius 3 is 2.37 bits per heavy atom. The molecule has 2 aromatic carbocycles. The molecule has 2 nitrogen and oxygen atoms in total. The molecule has 0 amide bonds. The van der Waals surface area contributed by atoms with Gasteiger partial charge in [-0.15, -0.1) is 0 Å². The highest BCUT2D eigenvalue weighted by Crippen LogP contribution is 2.26. The molecule has 0 heterocycles. The SMILES string of the molecule is Cc1cc(C)c(OCc2cccc(N)c2F)c(C)c1. The Kier molecular flexibility index (Phi) is 3.74. The minimum atomic E-state index is -0.398. The summed E-state index contributed by atoms with van der Waals surface area (Å²) in [6, 6.07) is 9.06. The Labute approximate surface area is 113 Å². The van der Waals surface area contributed by atoms with Gasteiger partial charge in [-0.25, -0.2) is 4.39 Å². The van der Waals surface area contributed by atoms with Crippen molar-refractivity contribution in [2.75, 3.05) is 5.73 Å². The maximum Gasteiger partial charge on any atom is 0.152 e. The second-order valence-electron chi connectivity index (χ2n) is 4.84. The molecular weight excluding hydrogens is 241 g/mol. The highest BCUT2D eigenvalue weighted by Gasteiger charge is 2.09. The molecule has 0 fully saturated rings. The van der Waals surface area contributed by atoms with Gasteiger partial charge < -0.3 is 10.5 Å². The van der Waals surface area contributed by atoms with E-state index in [-0.39, 0.29) is 12.3 Å². The largest absolute Gasteiger partial charge is 0.488 e. The zero-order chi connectivity index (χ0) is 14.0. The van der Waals surface area contributed by atoms with Crippen molar-refractivity contribution in [2.24, 2.45) is 0 Å². The van der Waals surface area contributed by atoms with E-state index in [4.69, 9.17) is 10.5 Å². The molecule has 0 aliphatic rings. The molecule has 0 aromatic heterocycles. The van der Waals surface area contributed by atoms with Crippen LogP contribution in [0, 0.1) is 26.6 Å². The van der Waals surface area contributed by atoms with E-state index in [0.29, 0.717) is 5.56 Å². The van der Waals surface area contributed by atoms with Gasteiger partial charge in [0.1, 0.15) is 12.4 Å². The summed E-state index contributed by atoms with van der Waals surface area (Å²) in [4.78, 5) is 0. The molecule has 0 radical (unpaired) electrons. The maximum absolute atomic E-state index is 13.8. The lowest BCUT2D eigenvalue weighted by Crippen LogP contribution is -2.03. The van der Waals surface area contributed by atoms with Gasteiger partial charge in [0.25, 0.3) is 0 Å². The highest BCUT2D eigenvalue weighted by molar-refractivity contribution is 5.45. The van der Waals surface area contributed by atoms with E-state index in [0.717, 1.165) is 16.9 Å². The van der Waals surface area contributed by atoms with Gasteiger partial charge in [-0.2, -0.15) is 0 Å². The number of halogens is 1. The lowest BCUT2D eigenvalue weighted by atomic mass is 10.1. The molecule has 3 heteroatoms. The van der Waals surface area contributed by atoms with Gasteiger partial charge in [0.15, 0.2) is 5.82 Å². The second-order valence-corrected chi connectivity index (χ2v) is 4.84. The first-order valence-electron chi connectivity index (χ1n) is 6.22. The molecule has 0 saturated carbocycles. The van der Waals surface area contributed by atoms with Crippen molar-refractivity contribution < 1.29 is 9.13 Å². The predicted octanol–water partition coefficient (Wildman–Crippen LogP) is 3.91. The highest BCUT2D eigenvalue weighted by atomic mass is 19.1. The van der Waals surface area contributed by atoms with E-state index < -0.39 is 5.82 Å². The van der Waals surface area contributed by atoms with Crippen LogP contribution in [-0.4, -0.2) is 0 Å². The molecule has 2 aromatic rings. The van der Waals surface area contributed by atoms with Crippen molar-refractivity contribution in [3.63, 3.8) is 0 Å². The van der Waals surface area contributed by atoms with Gasteiger partial charge in [-0.1, -0.05) is 29.8 Å². The maximum atomic E-state index is 13.8. The quantitative estimate of drug-likeness (QED) is 0.848. The van der Waals surface area contributed by atoms with E-state index in [1.807, 2.05) is 20.8 Å². The summed E-state index contributed by atoms with van der Waals surface area (Å²) in [5.41, 5.74) is 9.47. The van der Waals surface area contributed by atoms with Crippen LogP contribution in [0.15, 0.2) is 30.3 Å². The topological polar surface area (TPSA) is 35.2 Å². The van der Waals surface area contributed by atoms with E-state index >= 15 is 0 Å². The minimum absolute atomic E-state index is 0.151. The van der Waals surface area contributed by atoms with Crippen molar-refractivity contribution in [1.82, 2.24) is 0 Å². The Hall–Kier alpha value is -2.03. The molecule has 2 rings (SSSR count). The third-order valence-electron chi connectivity index (χ3n) is 3.09. The van der Waals surface area contributed by atoms with Crippen LogP contribution in [0.3, 0.4) is 0 Å². The van der Waals surface area contributed by atoms with Gasteiger partial charge in [-0.05, 0) is 38.0 Å². The number of rotatable bonds is 3. The minimum Gasteiger partial charge on any atom is -0.488 e. The van der Waals surface area contributed by atoms with E-state index in [1.54, 1.807) is 18.2 Å². The van der Waals surface area contributed by atoms with Gasteiger partial charge in [0.2, 0.25) is 0 Å². The van der Waals surface area contributed by atoms with Crippen molar-refractivity contribution in [1.29, 1.82) is 0 Å². The third-order valence-corrected chi connectivity index (χ3v) is 3.09. The molecule has 0 aliphatic heterocycles. The van der Waals surface area contributed by atoms with Crippen LogP contribution in [0.1, 0.15) is 22.3 Å². The standard InChI is InChI=1S/C16H18FNO/c1-10-7-11(2)16(12(3)8-10)19-9-13-5-4-6-14(18)15(13)17/h4-8H,9,18H2,1-3H3. The average Bonchev–Trinajstić information content (AvgIpc) is 2.33. The van der Waals surface area contributed by atoms with Crippen LogP contribution < -0.4 is 10.5 Å². The second kappa shape index (κ2) is 5.31. The summed E-state index contributed by atoms with van der Waals surface area (Å²) in [6.45, 7) is 6.21. The Morgan fingerprint density at radius 1 is 1.11 bits per heavy atom. The van der Waals surface area contributed by atoms with Crippen LogP contribution in [0.5, 0.6) is 5.75 Å². The molecule has 0 bridgehead atoms. The lowest BCUT2D eigenvalue weighted by Gasteiger charge is -2.14. The summed E-state index contributed by atoms with van der Waals surface area (Å²) in [7, 11) is 0. The van der Waals surface area contributed by atoms with Crippen LogP contribution >= 0.6 is 0 Å². The van der Waals surface area contributed by atoms with Gasteiger partial charge in [-0.3, -0.25) is 0 Å². The fourth-order valence-electron chi connectivity index (χ4n) is 2.26. The fourth-order valence-corrected chi connectivity index (χ4v) is 2.26. The number of benzene rings is 2. The molecule has 19 heavy (non-hydrogen) atoms. The van der Waals surface area contributed by atoms with Crippen LogP contribution in [-0.2, 0) is 6.61 Å². The average molecular weight is 259 g/mol. The summed E-state index contributed by atoms with van der Waals surface area (Å²) < 4.78 is 19.5. The molecule has 0 aliphatic carbocycles. The number of anilines is 1. The molecule has 0 spiro atoms. The summed E-state index contributed by atoms with van der Waals surface area (Å²) in [6.07, 6.45) is 0. The van der Waals surface area contributed by atoms with Crippen molar-refractivity contribution in [3.8, 4) is 5.75 Å². The number of aryl methyl sites for hydroxylation is 3. The summed E-state index contributed by atoms with van der Waals surface area (Å²) >= 11 is 0. The number of ether oxygens (including phenoxy) is 1. The molecule has 0 saturated heterocycles. The van der Waals surface area contributed by atoms with Gasteiger partial charge in [0, 0.05) is 5.56 Å². The van der Waals surface area contributed by atoms with Gasteiger partial charge in [0.05, 0.1) is 5.69 Å². The third kappa shape index (κ3) is 2.87. The number of hydrogen-bond donors (Lipinski definition) is 1. The predicted molar refractivity (Wildman–Crippen MR) is 75.8 cm³/mol. The molecule has 2 N–H and O–H groups in total. The number of hydrogen-bond acceptors (Lipinski definition) is 2. The molecule has 0 unspecified atom stereocenters. The van der Waals surface area contributed by atoms with Crippen LogP contribution in [0.2, 0.25) is 0 Å². The van der Waals surface area contributed by atoms with E-state index in [1.165, 1.54) is 5.56 Å². The smallest absolute Gasteiger partial charge is 0.152 e. The summed E-state index contributed by atoms with van der Waals surface area (Å²) in [5.74, 6) is 0.414. The Morgan fingerprint density at radius 2 is 1.74 bits per heavy atom. The first-order chi connectivity index (χ1) is 8.99. The number of nitrogens with two attached hydrogens (primary N) is 1.